The summed E-state index contributed by atoms with van der Waals surface area (Å²) in [4.78, 5) is 0. The van der Waals surface area contributed by atoms with Gasteiger partial charge in [-0.3, -0.25) is 0 Å². The lowest BCUT2D eigenvalue weighted by molar-refractivity contribution is 0.624. The van der Waals surface area contributed by atoms with Gasteiger partial charge in [0, 0.05) is 4.47 Å². The summed E-state index contributed by atoms with van der Waals surface area (Å²) in [6.07, 6.45) is 0. The first-order valence-corrected chi connectivity index (χ1v) is 5.38. The topological polar surface area (TPSA) is 69.6 Å². The van der Waals surface area contributed by atoms with Gasteiger partial charge in [0.15, 0.2) is 5.82 Å². The molecule has 2 N–H and O–H groups in total. The predicted molar refractivity (Wildman–Crippen MR) is 59.4 cm³/mol. The average molecular weight is 286 g/mol. The molecule has 5 nitrogen and oxygen atoms in total. The van der Waals surface area contributed by atoms with Gasteiger partial charge in [-0.15, -0.1) is 5.10 Å². The van der Waals surface area contributed by atoms with E-state index in [1.54, 1.807) is 13.0 Å². The van der Waals surface area contributed by atoms with Crippen LogP contribution >= 0.6 is 15.9 Å². The van der Waals surface area contributed by atoms with Gasteiger partial charge in [0.05, 0.1) is 11.7 Å². The lowest BCUT2D eigenvalue weighted by Crippen LogP contribution is -2.13. The average Bonchev–Trinajstić information content (AvgIpc) is 2.66. The van der Waals surface area contributed by atoms with Crippen LogP contribution in [-0.4, -0.2) is 20.2 Å². The molecule has 0 radical (unpaired) electrons. The Morgan fingerprint density at radius 1 is 1.50 bits per heavy atom. The minimum Gasteiger partial charge on any atom is -0.321 e. The van der Waals surface area contributed by atoms with Gasteiger partial charge in [-0.2, -0.15) is 4.68 Å². The van der Waals surface area contributed by atoms with Crippen molar-refractivity contribution in [1.29, 1.82) is 0 Å². The number of tetrazole rings is 1. The second-order valence-electron chi connectivity index (χ2n) is 3.33. The monoisotopic (exact) mass is 285 g/mol. The van der Waals surface area contributed by atoms with Gasteiger partial charge in [-0.05, 0) is 51.5 Å². The van der Waals surface area contributed by atoms with Gasteiger partial charge in [-0.25, -0.2) is 4.39 Å². The fourth-order valence-corrected chi connectivity index (χ4v) is 1.82. The number of aromatic nitrogens is 4. The zero-order valence-electron chi connectivity index (χ0n) is 8.43. The minimum atomic E-state index is -0.328. The van der Waals surface area contributed by atoms with E-state index in [1.807, 2.05) is 0 Å². The van der Waals surface area contributed by atoms with Crippen molar-refractivity contribution in [2.45, 2.75) is 13.0 Å². The molecule has 0 aliphatic heterocycles. The smallest absolute Gasteiger partial charge is 0.173 e. The van der Waals surface area contributed by atoms with Crippen molar-refractivity contribution in [2.75, 3.05) is 0 Å². The summed E-state index contributed by atoms with van der Waals surface area (Å²) < 4.78 is 15.0. The second-order valence-corrected chi connectivity index (χ2v) is 4.19. The maximum Gasteiger partial charge on any atom is 0.173 e. The molecule has 1 aromatic carbocycles. The molecule has 0 saturated carbocycles. The molecule has 0 fully saturated rings. The van der Waals surface area contributed by atoms with Crippen LogP contribution in [0.3, 0.4) is 0 Å². The number of hydrogen-bond acceptors (Lipinski definition) is 4. The van der Waals surface area contributed by atoms with Gasteiger partial charge >= 0.3 is 0 Å². The Morgan fingerprint density at radius 3 is 2.88 bits per heavy atom. The van der Waals surface area contributed by atoms with Gasteiger partial charge < -0.3 is 5.73 Å². The second kappa shape index (κ2) is 4.26. The first-order valence-electron chi connectivity index (χ1n) is 4.59. The van der Waals surface area contributed by atoms with Crippen LogP contribution in [0.15, 0.2) is 22.7 Å². The minimum absolute atomic E-state index is 0.299. The third kappa shape index (κ3) is 1.96. The van der Waals surface area contributed by atoms with Gasteiger partial charge in [-0.1, -0.05) is 0 Å². The molecule has 0 bridgehead atoms. The molecular weight excluding hydrogens is 277 g/mol. The Labute approximate surface area is 99.6 Å². The summed E-state index contributed by atoms with van der Waals surface area (Å²) in [6.45, 7) is 1.78. The van der Waals surface area contributed by atoms with Crippen LogP contribution in [0.2, 0.25) is 0 Å². The zero-order valence-corrected chi connectivity index (χ0v) is 10.0. The summed E-state index contributed by atoms with van der Waals surface area (Å²) in [5.74, 6) is 0.193. The molecule has 0 saturated heterocycles. The lowest BCUT2D eigenvalue weighted by Gasteiger charge is -2.08. The van der Waals surface area contributed by atoms with Crippen LogP contribution in [-0.2, 0) is 0 Å². The first-order chi connectivity index (χ1) is 7.59. The van der Waals surface area contributed by atoms with Gasteiger partial charge in [0.25, 0.3) is 0 Å². The van der Waals surface area contributed by atoms with Crippen molar-refractivity contribution in [3.8, 4) is 5.69 Å². The highest BCUT2D eigenvalue weighted by molar-refractivity contribution is 9.10. The molecular formula is C9H9BrFN5. The van der Waals surface area contributed by atoms with Crippen LogP contribution in [0, 0.1) is 5.82 Å². The summed E-state index contributed by atoms with van der Waals surface area (Å²) in [7, 11) is 0. The van der Waals surface area contributed by atoms with Gasteiger partial charge in [0.2, 0.25) is 0 Å². The van der Waals surface area contributed by atoms with E-state index in [0.717, 1.165) is 0 Å². The fraction of sp³-hybridized carbons (Fsp3) is 0.222. The van der Waals surface area contributed by atoms with E-state index in [4.69, 9.17) is 5.73 Å². The Bertz CT molecular complexity index is 510. The van der Waals surface area contributed by atoms with Crippen LogP contribution in [0.5, 0.6) is 0 Å². The van der Waals surface area contributed by atoms with E-state index in [2.05, 4.69) is 31.5 Å². The molecule has 0 aliphatic rings. The summed E-state index contributed by atoms with van der Waals surface area (Å²) in [6, 6.07) is 3.98. The molecule has 84 valence electrons. The number of nitrogens with two attached hydrogens (primary N) is 1. The number of hydrogen-bond donors (Lipinski definition) is 1. The van der Waals surface area contributed by atoms with Crippen molar-refractivity contribution < 1.29 is 4.39 Å². The molecule has 1 unspecified atom stereocenters. The molecule has 2 aromatic rings. The fourth-order valence-electron chi connectivity index (χ4n) is 1.30. The number of rotatable bonds is 2. The number of halogens is 2. The molecule has 16 heavy (non-hydrogen) atoms. The predicted octanol–water partition coefficient (Wildman–Crippen LogP) is 1.58. The molecule has 7 heteroatoms. The standard InChI is InChI=1S/C9H9BrFN5/c1-5(12)9-13-14-15-16(9)8-3-2-6(11)4-7(8)10/h2-5H,12H2,1H3. The van der Waals surface area contributed by atoms with E-state index in [-0.39, 0.29) is 11.9 Å². The van der Waals surface area contributed by atoms with Crippen LogP contribution in [0.4, 0.5) is 4.39 Å². The van der Waals surface area contributed by atoms with Crippen molar-refractivity contribution in [3.63, 3.8) is 0 Å². The number of benzene rings is 1. The lowest BCUT2D eigenvalue weighted by atomic mass is 10.3. The maximum absolute atomic E-state index is 12.9. The maximum atomic E-state index is 12.9. The quantitative estimate of drug-likeness (QED) is 0.910. The SMILES string of the molecule is CC(N)c1nnnn1-c1ccc(F)cc1Br. The van der Waals surface area contributed by atoms with Crippen LogP contribution in [0.1, 0.15) is 18.8 Å². The van der Waals surface area contributed by atoms with Crippen LogP contribution < -0.4 is 5.73 Å². The normalized spacial score (nSPS) is 12.8. The highest BCUT2D eigenvalue weighted by Gasteiger charge is 2.14. The van der Waals surface area contributed by atoms with E-state index < -0.39 is 0 Å². The third-order valence-electron chi connectivity index (χ3n) is 2.04. The Balaban J connectivity index is 2.54. The first kappa shape index (κ1) is 11.2. The summed E-state index contributed by atoms with van der Waals surface area (Å²) in [5.41, 5.74) is 6.38. The van der Waals surface area contributed by atoms with Crippen LogP contribution in [0.25, 0.3) is 5.69 Å². The van der Waals surface area contributed by atoms with E-state index in [0.29, 0.717) is 16.0 Å². The van der Waals surface area contributed by atoms with Gasteiger partial charge in [0.1, 0.15) is 5.82 Å². The largest absolute Gasteiger partial charge is 0.321 e. The Hall–Kier alpha value is -1.34. The molecule has 0 spiro atoms. The molecule has 0 aliphatic carbocycles. The van der Waals surface area contributed by atoms with E-state index >= 15 is 0 Å². The van der Waals surface area contributed by atoms with Crippen molar-refractivity contribution >= 4 is 15.9 Å². The Morgan fingerprint density at radius 2 is 2.25 bits per heavy atom. The van der Waals surface area contributed by atoms with Crippen molar-refractivity contribution in [1.82, 2.24) is 20.2 Å². The Kier molecular flexibility index (Phi) is 2.97. The molecule has 1 aromatic heterocycles. The van der Waals surface area contributed by atoms with E-state index in [1.165, 1.54) is 16.8 Å². The molecule has 1 atom stereocenters. The summed E-state index contributed by atoms with van der Waals surface area (Å²) >= 11 is 3.25. The molecule has 1 heterocycles. The third-order valence-corrected chi connectivity index (χ3v) is 2.67. The van der Waals surface area contributed by atoms with Crippen molar-refractivity contribution in [2.24, 2.45) is 5.73 Å². The molecule has 0 amide bonds. The van der Waals surface area contributed by atoms with Crippen molar-refractivity contribution in [3.05, 3.63) is 34.3 Å². The molecule has 2 rings (SSSR count). The summed E-state index contributed by atoms with van der Waals surface area (Å²) in [5, 5.41) is 11.2. The van der Waals surface area contributed by atoms with E-state index in [9.17, 15) is 4.39 Å². The number of nitrogens with zero attached hydrogens (tertiary/aromatic N) is 4. The highest BCUT2D eigenvalue weighted by Crippen LogP contribution is 2.23. The zero-order chi connectivity index (χ0) is 11.7. The highest BCUT2D eigenvalue weighted by atomic mass is 79.9.